The summed E-state index contributed by atoms with van der Waals surface area (Å²) in [6.45, 7) is 6.09. The summed E-state index contributed by atoms with van der Waals surface area (Å²) in [5.41, 5.74) is 12.5. The number of rotatable bonds is 3. The number of aryl methyl sites for hydroxylation is 1. The number of fused-ring (bicyclic) bond motifs is 1. The maximum absolute atomic E-state index is 5.71. The molecule has 20 heavy (non-hydrogen) atoms. The topological polar surface area (TPSA) is 29.3 Å². The number of anilines is 1. The van der Waals surface area contributed by atoms with Crippen molar-refractivity contribution in [2.45, 2.75) is 39.4 Å². The zero-order valence-electron chi connectivity index (χ0n) is 12.3. The first kappa shape index (κ1) is 13.2. The van der Waals surface area contributed by atoms with Gasteiger partial charge >= 0.3 is 0 Å². The highest BCUT2D eigenvalue weighted by atomic mass is 15.2. The highest BCUT2D eigenvalue weighted by Gasteiger charge is 2.25. The third kappa shape index (κ3) is 2.32. The van der Waals surface area contributed by atoms with Crippen molar-refractivity contribution in [2.75, 3.05) is 4.90 Å². The molecule has 1 atom stereocenters. The normalized spacial score (nSPS) is 17.4. The van der Waals surface area contributed by atoms with E-state index >= 15 is 0 Å². The fourth-order valence-electron chi connectivity index (χ4n) is 3.12. The lowest BCUT2D eigenvalue weighted by Gasteiger charge is -2.26. The van der Waals surface area contributed by atoms with E-state index in [1.54, 1.807) is 0 Å². The predicted molar refractivity (Wildman–Crippen MR) is 84.9 cm³/mol. The van der Waals surface area contributed by atoms with Crippen LogP contribution in [0.25, 0.3) is 0 Å². The number of hydrogen-bond donors (Lipinski definition) is 1. The fourth-order valence-corrected chi connectivity index (χ4v) is 3.12. The first-order chi connectivity index (χ1) is 9.69. The molecule has 1 aliphatic heterocycles. The van der Waals surface area contributed by atoms with Gasteiger partial charge in [0.1, 0.15) is 0 Å². The van der Waals surface area contributed by atoms with Crippen LogP contribution in [0.3, 0.4) is 0 Å². The molecule has 2 N–H and O–H groups in total. The maximum Gasteiger partial charge on any atom is 0.0435 e. The number of para-hydroxylation sites is 1. The van der Waals surface area contributed by atoms with Gasteiger partial charge in [0.2, 0.25) is 0 Å². The van der Waals surface area contributed by atoms with Crippen LogP contribution in [0.1, 0.15) is 29.2 Å². The van der Waals surface area contributed by atoms with E-state index in [2.05, 4.69) is 61.2 Å². The Hall–Kier alpha value is -1.80. The van der Waals surface area contributed by atoms with E-state index in [4.69, 9.17) is 5.73 Å². The van der Waals surface area contributed by atoms with E-state index in [9.17, 15) is 0 Å². The Labute approximate surface area is 121 Å². The minimum absolute atomic E-state index is 0.570. The van der Waals surface area contributed by atoms with E-state index in [0.29, 0.717) is 12.6 Å². The van der Waals surface area contributed by atoms with Crippen LogP contribution in [0.5, 0.6) is 0 Å². The van der Waals surface area contributed by atoms with Crippen molar-refractivity contribution in [1.29, 1.82) is 0 Å². The molecule has 1 unspecified atom stereocenters. The van der Waals surface area contributed by atoms with Gasteiger partial charge < -0.3 is 10.6 Å². The van der Waals surface area contributed by atoms with Crippen molar-refractivity contribution < 1.29 is 0 Å². The van der Waals surface area contributed by atoms with Crippen LogP contribution in [0, 0.1) is 6.92 Å². The first-order valence-electron chi connectivity index (χ1n) is 7.32. The van der Waals surface area contributed by atoms with Gasteiger partial charge in [0.05, 0.1) is 0 Å². The third-order valence-corrected chi connectivity index (χ3v) is 4.33. The van der Waals surface area contributed by atoms with Gasteiger partial charge in [-0.25, -0.2) is 0 Å². The summed E-state index contributed by atoms with van der Waals surface area (Å²) in [5, 5.41) is 0. The highest BCUT2D eigenvalue weighted by molar-refractivity contribution is 5.59. The second kappa shape index (κ2) is 5.29. The molecule has 1 aliphatic rings. The molecule has 0 fully saturated rings. The standard InChI is InChI=1S/C18H22N2/c1-13-9-15(11-19)7-8-17(13)12-20-14(2)10-16-5-3-4-6-18(16)20/h3-9,14H,10-12,19H2,1-2H3. The van der Waals surface area contributed by atoms with Crippen molar-refractivity contribution in [3.8, 4) is 0 Å². The molecule has 0 bridgehead atoms. The van der Waals surface area contributed by atoms with Crippen molar-refractivity contribution in [2.24, 2.45) is 5.73 Å². The van der Waals surface area contributed by atoms with Crippen LogP contribution >= 0.6 is 0 Å². The summed E-state index contributed by atoms with van der Waals surface area (Å²) in [5.74, 6) is 0. The van der Waals surface area contributed by atoms with Gasteiger partial charge in [0, 0.05) is 24.8 Å². The van der Waals surface area contributed by atoms with Gasteiger partial charge in [-0.05, 0) is 48.6 Å². The first-order valence-corrected chi connectivity index (χ1v) is 7.32. The molecular weight excluding hydrogens is 244 g/mol. The Balaban J connectivity index is 1.88. The molecule has 104 valence electrons. The molecule has 0 aliphatic carbocycles. The molecule has 0 spiro atoms. The summed E-state index contributed by atoms with van der Waals surface area (Å²) < 4.78 is 0. The molecule has 1 heterocycles. The molecule has 0 saturated carbocycles. The minimum Gasteiger partial charge on any atom is -0.364 e. The molecule has 0 amide bonds. The van der Waals surface area contributed by atoms with Crippen LogP contribution in [-0.2, 0) is 19.5 Å². The summed E-state index contributed by atoms with van der Waals surface area (Å²) in [6.07, 6.45) is 1.15. The Morgan fingerprint density at radius 3 is 2.75 bits per heavy atom. The van der Waals surface area contributed by atoms with Gasteiger partial charge in [-0.1, -0.05) is 36.4 Å². The van der Waals surface area contributed by atoms with Crippen molar-refractivity contribution >= 4 is 5.69 Å². The van der Waals surface area contributed by atoms with E-state index in [1.807, 2.05) is 0 Å². The smallest absolute Gasteiger partial charge is 0.0435 e. The van der Waals surface area contributed by atoms with Gasteiger partial charge in [-0.3, -0.25) is 0 Å². The fraction of sp³-hybridized carbons (Fsp3) is 0.333. The van der Waals surface area contributed by atoms with Crippen LogP contribution < -0.4 is 10.6 Å². The number of nitrogens with zero attached hydrogens (tertiary/aromatic N) is 1. The average molecular weight is 266 g/mol. The minimum atomic E-state index is 0.570. The SMILES string of the molecule is Cc1cc(CN)ccc1CN1c2ccccc2CC1C. The second-order valence-corrected chi connectivity index (χ2v) is 5.77. The van der Waals surface area contributed by atoms with Crippen LogP contribution in [0.15, 0.2) is 42.5 Å². The van der Waals surface area contributed by atoms with Gasteiger partial charge in [-0.15, -0.1) is 0 Å². The zero-order chi connectivity index (χ0) is 14.1. The van der Waals surface area contributed by atoms with E-state index in [1.165, 1.54) is 27.9 Å². The quantitative estimate of drug-likeness (QED) is 0.922. The lowest BCUT2D eigenvalue weighted by atomic mass is 10.0. The molecule has 0 saturated heterocycles. The summed E-state index contributed by atoms with van der Waals surface area (Å²) in [7, 11) is 0. The monoisotopic (exact) mass is 266 g/mol. The van der Waals surface area contributed by atoms with Gasteiger partial charge in [-0.2, -0.15) is 0 Å². The van der Waals surface area contributed by atoms with Crippen LogP contribution in [0.2, 0.25) is 0 Å². The van der Waals surface area contributed by atoms with Crippen LogP contribution in [0.4, 0.5) is 5.69 Å². The number of benzene rings is 2. The van der Waals surface area contributed by atoms with Crippen LogP contribution in [-0.4, -0.2) is 6.04 Å². The second-order valence-electron chi connectivity index (χ2n) is 5.77. The molecular formula is C18H22N2. The summed E-state index contributed by atoms with van der Waals surface area (Å²) in [4.78, 5) is 2.51. The average Bonchev–Trinajstić information content (AvgIpc) is 2.77. The van der Waals surface area contributed by atoms with Gasteiger partial charge in [0.15, 0.2) is 0 Å². The number of nitrogens with two attached hydrogens (primary N) is 1. The molecule has 0 radical (unpaired) electrons. The van der Waals surface area contributed by atoms with E-state index in [-0.39, 0.29) is 0 Å². The van der Waals surface area contributed by atoms with E-state index < -0.39 is 0 Å². The predicted octanol–water partition coefficient (Wildman–Crippen LogP) is 3.40. The molecule has 2 aromatic rings. The Morgan fingerprint density at radius 1 is 1.20 bits per heavy atom. The van der Waals surface area contributed by atoms with Crippen molar-refractivity contribution in [3.63, 3.8) is 0 Å². The summed E-state index contributed by atoms with van der Waals surface area (Å²) in [6, 6.07) is 15.9. The highest BCUT2D eigenvalue weighted by Crippen LogP contribution is 2.33. The Morgan fingerprint density at radius 2 is 2.00 bits per heavy atom. The van der Waals surface area contributed by atoms with Crippen molar-refractivity contribution in [1.82, 2.24) is 0 Å². The summed E-state index contributed by atoms with van der Waals surface area (Å²) >= 11 is 0. The largest absolute Gasteiger partial charge is 0.364 e. The molecule has 0 aromatic heterocycles. The Bertz CT molecular complexity index is 619. The zero-order valence-corrected chi connectivity index (χ0v) is 12.3. The number of hydrogen-bond acceptors (Lipinski definition) is 2. The molecule has 2 aromatic carbocycles. The lowest BCUT2D eigenvalue weighted by molar-refractivity contribution is 0.671. The Kier molecular flexibility index (Phi) is 3.49. The molecule has 3 rings (SSSR count). The maximum atomic E-state index is 5.71. The lowest BCUT2D eigenvalue weighted by Crippen LogP contribution is -2.28. The van der Waals surface area contributed by atoms with E-state index in [0.717, 1.165) is 13.0 Å². The molecule has 2 heteroatoms. The van der Waals surface area contributed by atoms with Crippen molar-refractivity contribution in [3.05, 3.63) is 64.7 Å². The third-order valence-electron chi connectivity index (χ3n) is 4.33. The van der Waals surface area contributed by atoms with Gasteiger partial charge in [0.25, 0.3) is 0 Å². The molecule has 2 nitrogen and oxygen atoms in total.